The highest BCUT2D eigenvalue weighted by Crippen LogP contribution is 2.35. The number of alkyl halides is 3. The topological polar surface area (TPSA) is 43.1 Å². The average Bonchev–Trinajstić information content (AvgIpc) is 2.06. The summed E-state index contributed by atoms with van der Waals surface area (Å²) in [6.07, 6.45) is -4.49. The van der Waals surface area contributed by atoms with E-state index in [1.165, 1.54) is 0 Å². The van der Waals surface area contributed by atoms with Crippen LogP contribution in [0.25, 0.3) is 0 Å². The summed E-state index contributed by atoms with van der Waals surface area (Å²) in [6, 6.07) is 1.60. The first-order chi connectivity index (χ1) is 6.73. The van der Waals surface area contributed by atoms with Gasteiger partial charge in [0.05, 0.1) is 11.3 Å². The van der Waals surface area contributed by atoms with Gasteiger partial charge >= 0.3 is 6.18 Å². The van der Waals surface area contributed by atoms with Gasteiger partial charge < -0.3 is 5.73 Å². The normalized spacial score (nSPS) is 11.5. The third-order valence-electron chi connectivity index (χ3n) is 1.84. The third-order valence-corrected chi connectivity index (χ3v) is 2.49. The number of carbonyl (C=O) groups excluding carboxylic acids is 1. The van der Waals surface area contributed by atoms with Crippen LogP contribution >= 0.6 is 15.9 Å². The number of anilines is 1. The summed E-state index contributed by atoms with van der Waals surface area (Å²) < 4.78 is 37.2. The molecule has 0 saturated carbocycles. The van der Waals surface area contributed by atoms with E-state index in [1.54, 1.807) is 0 Å². The molecule has 1 aromatic rings. The molecule has 0 heterocycles. The minimum Gasteiger partial charge on any atom is -0.397 e. The van der Waals surface area contributed by atoms with Crippen LogP contribution in [0.2, 0.25) is 0 Å². The van der Waals surface area contributed by atoms with Gasteiger partial charge in [-0.25, -0.2) is 0 Å². The summed E-state index contributed by atoms with van der Waals surface area (Å²) >= 11 is 2.88. The first-order valence-electron chi connectivity index (χ1n) is 3.90. The van der Waals surface area contributed by atoms with Gasteiger partial charge in [0.1, 0.15) is 0 Å². The molecule has 2 nitrogen and oxygen atoms in total. The van der Waals surface area contributed by atoms with Gasteiger partial charge in [0.2, 0.25) is 0 Å². The quantitative estimate of drug-likeness (QED) is 0.634. The van der Waals surface area contributed by atoms with Crippen molar-refractivity contribution in [2.24, 2.45) is 0 Å². The Bertz CT molecular complexity index is 415. The Kier molecular flexibility index (Phi) is 3.08. The predicted octanol–water partition coefficient (Wildman–Crippen LogP) is 3.25. The third kappa shape index (κ3) is 2.50. The number of hydrogen-bond acceptors (Lipinski definition) is 2. The molecule has 2 N–H and O–H groups in total. The van der Waals surface area contributed by atoms with Crippen LogP contribution in [-0.2, 0) is 6.18 Å². The standard InChI is InChI=1S/C9H7BrF3NO/c1-4(15)6-2-5(9(11,12)13)3-7(10)8(6)14/h2-3H,14H2,1H3. The maximum absolute atomic E-state index is 12.4. The highest BCUT2D eigenvalue weighted by molar-refractivity contribution is 9.10. The van der Waals surface area contributed by atoms with Crippen LogP contribution in [0.15, 0.2) is 16.6 Å². The fourth-order valence-electron chi connectivity index (χ4n) is 1.07. The number of rotatable bonds is 1. The summed E-state index contributed by atoms with van der Waals surface area (Å²) in [5.74, 6) is -0.501. The lowest BCUT2D eigenvalue weighted by molar-refractivity contribution is -0.137. The van der Waals surface area contributed by atoms with E-state index >= 15 is 0 Å². The lowest BCUT2D eigenvalue weighted by atomic mass is 10.1. The second-order valence-electron chi connectivity index (χ2n) is 2.97. The number of ketones is 1. The van der Waals surface area contributed by atoms with E-state index in [0.717, 1.165) is 19.1 Å². The molecule has 1 aromatic carbocycles. The lowest BCUT2D eigenvalue weighted by Crippen LogP contribution is -2.09. The Balaban J connectivity index is 3.43. The fraction of sp³-hybridized carbons (Fsp3) is 0.222. The Labute approximate surface area is 92.4 Å². The molecule has 0 aliphatic heterocycles. The van der Waals surface area contributed by atoms with Crippen molar-refractivity contribution in [3.05, 3.63) is 27.7 Å². The zero-order chi connectivity index (χ0) is 11.8. The van der Waals surface area contributed by atoms with Gasteiger partial charge in [0, 0.05) is 10.0 Å². The SMILES string of the molecule is CC(=O)c1cc(C(F)(F)F)cc(Br)c1N. The molecule has 0 bridgehead atoms. The van der Waals surface area contributed by atoms with Crippen LogP contribution in [0.3, 0.4) is 0 Å². The van der Waals surface area contributed by atoms with Gasteiger partial charge in [-0.05, 0) is 35.0 Å². The number of nitrogen functional groups attached to an aromatic ring is 1. The molecule has 0 aliphatic rings. The van der Waals surface area contributed by atoms with Gasteiger partial charge in [0.15, 0.2) is 5.78 Å². The van der Waals surface area contributed by atoms with Crippen LogP contribution in [0.1, 0.15) is 22.8 Å². The fourth-order valence-corrected chi connectivity index (χ4v) is 1.53. The van der Waals surface area contributed by atoms with E-state index in [1.807, 2.05) is 0 Å². The second-order valence-corrected chi connectivity index (χ2v) is 3.83. The molecule has 0 radical (unpaired) electrons. The smallest absolute Gasteiger partial charge is 0.397 e. The van der Waals surface area contributed by atoms with Crippen molar-refractivity contribution in [3.63, 3.8) is 0 Å². The highest BCUT2D eigenvalue weighted by Gasteiger charge is 2.32. The summed E-state index contributed by atoms with van der Waals surface area (Å²) in [6.45, 7) is 1.16. The Morgan fingerprint density at radius 1 is 1.40 bits per heavy atom. The second kappa shape index (κ2) is 3.84. The molecule has 82 valence electrons. The number of halogens is 4. The van der Waals surface area contributed by atoms with Crippen molar-refractivity contribution >= 4 is 27.4 Å². The predicted molar refractivity (Wildman–Crippen MR) is 53.6 cm³/mol. The molecule has 0 saturated heterocycles. The minimum atomic E-state index is -4.49. The molecule has 0 spiro atoms. The number of Topliss-reactive ketones (excluding diaryl/α,β-unsaturated/α-hetero) is 1. The van der Waals surface area contributed by atoms with Crippen molar-refractivity contribution in [3.8, 4) is 0 Å². The van der Waals surface area contributed by atoms with Gasteiger partial charge in [-0.3, -0.25) is 4.79 Å². The van der Waals surface area contributed by atoms with E-state index in [4.69, 9.17) is 5.73 Å². The monoisotopic (exact) mass is 281 g/mol. The summed E-state index contributed by atoms with van der Waals surface area (Å²) in [5.41, 5.74) is 4.46. The number of benzene rings is 1. The van der Waals surface area contributed by atoms with Crippen LogP contribution < -0.4 is 5.73 Å². The van der Waals surface area contributed by atoms with Gasteiger partial charge in [0.25, 0.3) is 0 Å². The largest absolute Gasteiger partial charge is 0.416 e. The van der Waals surface area contributed by atoms with Crippen LogP contribution in [0, 0.1) is 0 Å². The Morgan fingerprint density at radius 2 is 1.93 bits per heavy atom. The van der Waals surface area contributed by atoms with Gasteiger partial charge in [-0.2, -0.15) is 13.2 Å². The molecule has 0 unspecified atom stereocenters. The van der Waals surface area contributed by atoms with Crippen molar-refractivity contribution < 1.29 is 18.0 Å². The summed E-state index contributed by atoms with van der Waals surface area (Å²) in [7, 11) is 0. The minimum absolute atomic E-state index is 0.0236. The molecule has 0 aliphatic carbocycles. The lowest BCUT2D eigenvalue weighted by Gasteiger charge is -2.11. The van der Waals surface area contributed by atoms with Crippen molar-refractivity contribution in [2.45, 2.75) is 13.1 Å². The summed E-state index contributed by atoms with van der Waals surface area (Å²) in [4.78, 5) is 11.0. The van der Waals surface area contributed by atoms with Crippen molar-refractivity contribution in [1.29, 1.82) is 0 Å². The van der Waals surface area contributed by atoms with Crippen LogP contribution in [-0.4, -0.2) is 5.78 Å². The van der Waals surface area contributed by atoms with E-state index in [0.29, 0.717) is 0 Å². The maximum atomic E-state index is 12.4. The molecule has 1 rings (SSSR count). The molecular formula is C9H7BrF3NO. The number of hydrogen-bond donors (Lipinski definition) is 1. The zero-order valence-electron chi connectivity index (χ0n) is 7.65. The Morgan fingerprint density at radius 3 is 2.33 bits per heavy atom. The van der Waals surface area contributed by atoms with Crippen LogP contribution in [0.5, 0.6) is 0 Å². The molecule has 0 atom stereocenters. The first-order valence-corrected chi connectivity index (χ1v) is 4.70. The highest BCUT2D eigenvalue weighted by atomic mass is 79.9. The molecule has 0 fully saturated rings. The maximum Gasteiger partial charge on any atom is 0.416 e. The van der Waals surface area contributed by atoms with Gasteiger partial charge in [-0.15, -0.1) is 0 Å². The van der Waals surface area contributed by atoms with Gasteiger partial charge in [-0.1, -0.05) is 0 Å². The van der Waals surface area contributed by atoms with Crippen molar-refractivity contribution in [2.75, 3.05) is 5.73 Å². The van der Waals surface area contributed by atoms with E-state index in [-0.39, 0.29) is 15.7 Å². The molecule has 0 aromatic heterocycles. The number of carbonyl (C=O) groups is 1. The van der Waals surface area contributed by atoms with E-state index < -0.39 is 17.5 Å². The molecular weight excluding hydrogens is 275 g/mol. The van der Waals surface area contributed by atoms with E-state index in [2.05, 4.69) is 15.9 Å². The molecule has 6 heteroatoms. The molecule has 0 amide bonds. The van der Waals surface area contributed by atoms with Crippen LogP contribution in [0.4, 0.5) is 18.9 Å². The number of nitrogens with two attached hydrogens (primary N) is 1. The zero-order valence-corrected chi connectivity index (χ0v) is 9.24. The Hall–Kier alpha value is -1.04. The summed E-state index contributed by atoms with van der Waals surface area (Å²) in [5, 5.41) is 0. The average molecular weight is 282 g/mol. The van der Waals surface area contributed by atoms with E-state index in [9.17, 15) is 18.0 Å². The first kappa shape index (κ1) is 12.0. The van der Waals surface area contributed by atoms with Crippen molar-refractivity contribution in [1.82, 2.24) is 0 Å². The molecule has 15 heavy (non-hydrogen) atoms.